The number of anilines is 3. The van der Waals surface area contributed by atoms with Gasteiger partial charge in [0.25, 0.3) is 0 Å². The molecule has 36 heavy (non-hydrogen) atoms. The fourth-order valence-electron chi connectivity index (χ4n) is 2.65. The highest BCUT2D eigenvalue weighted by Crippen LogP contribution is 2.50. The zero-order valence-electron chi connectivity index (χ0n) is 19.1. The average molecular weight is 512 g/mol. The number of carbonyl (C=O) groups excluding carboxylic acids is 2. The molecule has 0 fully saturated rings. The molecule has 12 heteroatoms. The zero-order valence-corrected chi connectivity index (χ0v) is 20.0. The topological polar surface area (TPSA) is 164 Å². The number of nitrogen functional groups attached to an aromatic ring is 2. The largest absolute Gasteiger partial charge is 0.647 e. The first-order valence-corrected chi connectivity index (χ1v) is 12.0. The van der Waals surface area contributed by atoms with Crippen molar-refractivity contribution < 1.29 is 32.5 Å². The number of phosphoric ester groups is 1. The second-order valence-electron chi connectivity index (χ2n) is 7.14. The third kappa shape index (κ3) is 8.30. The number of hydrogen-bond acceptors (Lipinski definition) is 9. The lowest BCUT2D eigenvalue weighted by molar-refractivity contribution is -0.137. The molecule has 0 bridgehead atoms. The molecule has 3 rings (SSSR count). The monoisotopic (exact) mass is 512 g/mol. The van der Waals surface area contributed by atoms with Crippen molar-refractivity contribution in [1.82, 2.24) is 5.32 Å². The van der Waals surface area contributed by atoms with Crippen molar-refractivity contribution in [3.8, 4) is 17.2 Å². The van der Waals surface area contributed by atoms with E-state index in [1.807, 2.05) is 0 Å². The van der Waals surface area contributed by atoms with Crippen LogP contribution in [0.4, 0.5) is 21.9 Å². The van der Waals surface area contributed by atoms with Crippen LogP contribution in [0.1, 0.15) is 0 Å². The highest BCUT2D eigenvalue weighted by molar-refractivity contribution is 7.49. The van der Waals surface area contributed by atoms with Crippen LogP contribution < -0.4 is 35.7 Å². The lowest BCUT2D eigenvalue weighted by Crippen LogP contribution is -2.31. The van der Waals surface area contributed by atoms with Gasteiger partial charge >= 0.3 is 19.8 Å². The van der Waals surface area contributed by atoms with E-state index in [-0.39, 0.29) is 30.4 Å². The summed E-state index contributed by atoms with van der Waals surface area (Å²) in [4.78, 5) is 23.0. The molecule has 11 nitrogen and oxygen atoms in total. The van der Waals surface area contributed by atoms with E-state index in [4.69, 9.17) is 29.8 Å². The number of carbonyl (C=O) groups is 2. The molecular weight excluding hydrogens is 487 g/mol. The second kappa shape index (κ2) is 12.2. The van der Waals surface area contributed by atoms with Gasteiger partial charge in [-0.05, 0) is 72.8 Å². The Hall–Kier alpha value is -4.63. The summed E-state index contributed by atoms with van der Waals surface area (Å²) in [5.41, 5.74) is 12.8. The van der Waals surface area contributed by atoms with Gasteiger partial charge in [0.15, 0.2) is 0 Å². The molecule has 2 amide bonds. The van der Waals surface area contributed by atoms with Gasteiger partial charge in [-0.25, -0.2) is 9.59 Å². The van der Waals surface area contributed by atoms with Crippen LogP contribution in [0.25, 0.3) is 0 Å². The summed E-state index contributed by atoms with van der Waals surface area (Å²) in [7, 11) is -4.22. The van der Waals surface area contributed by atoms with E-state index in [9.17, 15) is 14.2 Å². The Kier molecular flexibility index (Phi) is 8.79. The van der Waals surface area contributed by atoms with Crippen molar-refractivity contribution in [2.24, 2.45) is 0 Å². The van der Waals surface area contributed by atoms with Gasteiger partial charge in [0.2, 0.25) is 0 Å². The van der Waals surface area contributed by atoms with Crippen molar-refractivity contribution in [2.75, 3.05) is 29.9 Å². The van der Waals surface area contributed by atoms with Crippen molar-refractivity contribution in [3.05, 3.63) is 85.5 Å². The maximum atomic E-state index is 13.5. The first-order valence-electron chi connectivity index (χ1n) is 10.6. The Balaban J connectivity index is 1.65. The standard InChI is InChI=1S/C24H25N4O7P/c1-2-23(29)32-16-15-27-24(30)28-19-7-13-22(14-8-19)35-36(31,33-20-9-3-17(25)4-10-20)34-21-11-5-18(26)6-12-21/h2-14H,1,15-16,25-26H2,(H2,27,28,30). The highest BCUT2D eigenvalue weighted by Gasteiger charge is 2.33. The molecule has 0 saturated carbocycles. The molecule has 0 aliphatic carbocycles. The van der Waals surface area contributed by atoms with Gasteiger partial charge in [-0.15, -0.1) is 0 Å². The SMILES string of the molecule is C=CC(=O)OCCNC(=O)Nc1ccc(OP(=O)(Oc2ccc(N)cc2)Oc2ccc(N)cc2)cc1. The zero-order chi connectivity index (χ0) is 26.0. The third-order valence-corrected chi connectivity index (χ3v) is 5.63. The molecule has 6 N–H and O–H groups in total. The summed E-state index contributed by atoms with van der Waals surface area (Å²) in [6.45, 7) is 3.39. The lowest BCUT2D eigenvalue weighted by Gasteiger charge is -2.19. The number of ether oxygens (including phenoxy) is 1. The smallest absolute Gasteiger partial charge is 0.461 e. The van der Waals surface area contributed by atoms with Gasteiger partial charge in [-0.1, -0.05) is 6.58 Å². The number of benzene rings is 3. The predicted molar refractivity (Wildman–Crippen MR) is 136 cm³/mol. The maximum absolute atomic E-state index is 13.5. The fraction of sp³-hybridized carbons (Fsp3) is 0.0833. The molecular formula is C24H25N4O7P. The number of hydrogen-bond donors (Lipinski definition) is 4. The molecule has 0 unspecified atom stereocenters. The van der Waals surface area contributed by atoms with E-state index in [0.717, 1.165) is 6.08 Å². The summed E-state index contributed by atoms with van der Waals surface area (Å²) in [6.07, 6.45) is 1.03. The molecule has 0 aliphatic rings. The first kappa shape index (κ1) is 26.0. The van der Waals surface area contributed by atoms with Gasteiger partial charge in [0.1, 0.15) is 23.9 Å². The lowest BCUT2D eigenvalue weighted by atomic mass is 10.3. The number of nitrogens with one attached hydrogen (secondary N) is 2. The van der Waals surface area contributed by atoms with Crippen LogP contribution in [0, 0.1) is 0 Å². The highest BCUT2D eigenvalue weighted by atomic mass is 31.2. The molecule has 0 saturated heterocycles. The van der Waals surface area contributed by atoms with E-state index in [1.165, 1.54) is 48.5 Å². The molecule has 3 aromatic rings. The van der Waals surface area contributed by atoms with E-state index in [1.54, 1.807) is 24.3 Å². The van der Waals surface area contributed by atoms with Crippen LogP contribution in [0.2, 0.25) is 0 Å². The van der Waals surface area contributed by atoms with E-state index in [2.05, 4.69) is 17.2 Å². The second-order valence-corrected chi connectivity index (χ2v) is 8.58. The van der Waals surface area contributed by atoms with Crippen molar-refractivity contribution >= 4 is 36.9 Å². The van der Waals surface area contributed by atoms with Gasteiger partial charge in [-0.3, -0.25) is 0 Å². The predicted octanol–water partition coefficient (Wildman–Crippen LogP) is 4.35. The summed E-state index contributed by atoms with van der Waals surface area (Å²) in [5, 5.41) is 5.13. The number of urea groups is 1. The molecule has 0 radical (unpaired) electrons. The van der Waals surface area contributed by atoms with E-state index < -0.39 is 19.8 Å². The molecule has 0 heterocycles. The van der Waals surface area contributed by atoms with Gasteiger partial charge in [0.05, 0.1) is 6.54 Å². The average Bonchev–Trinajstić information content (AvgIpc) is 2.86. The Morgan fingerprint density at radius 1 is 0.806 bits per heavy atom. The molecule has 0 aliphatic heterocycles. The van der Waals surface area contributed by atoms with Crippen LogP contribution in [0.15, 0.2) is 85.5 Å². The third-order valence-electron chi connectivity index (χ3n) is 4.32. The fourth-order valence-corrected chi connectivity index (χ4v) is 3.90. The Bertz CT molecular complexity index is 1180. The first-order chi connectivity index (χ1) is 17.2. The Morgan fingerprint density at radius 2 is 1.25 bits per heavy atom. The van der Waals surface area contributed by atoms with Crippen LogP contribution in [0.3, 0.4) is 0 Å². The summed E-state index contributed by atoms with van der Waals surface area (Å²) in [5.74, 6) is 0.0192. The quantitative estimate of drug-likeness (QED) is 0.0961. The van der Waals surface area contributed by atoms with E-state index >= 15 is 0 Å². The number of esters is 1. The van der Waals surface area contributed by atoms with Gasteiger partial charge in [0, 0.05) is 23.1 Å². The minimum absolute atomic E-state index is 0.00233. The van der Waals surface area contributed by atoms with Crippen LogP contribution >= 0.6 is 7.82 Å². The van der Waals surface area contributed by atoms with E-state index in [0.29, 0.717) is 17.1 Å². The van der Waals surface area contributed by atoms with Crippen LogP contribution in [0.5, 0.6) is 17.2 Å². The molecule has 0 atom stereocenters. The molecule has 0 aromatic heterocycles. The number of phosphoric acid groups is 1. The molecule has 0 spiro atoms. The summed E-state index contributed by atoms with van der Waals surface area (Å²) < 4.78 is 35.0. The van der Waals surface area contributed by atoms with Crippen LogP contribution in [-0.2, 0) is 14.1 Å². The maximum Gasteiger partial charge on any atom is 0.647 e. The van der Waals surface area contributed by atoms with Crippen molar-refractivity contribution in [2.45, 2.75) is 0 Å². The minimum Gasteiger partial charge on any atom is -0.461 e. The normalized spacial score (nSPS) is 10.6. The Morgan fingerprint density at radius 3 is 1.69 bits per heavy atom. The summed E-state index contributed by atoms with van der Waals surface area (Å²) in [6, 6.07) is 18.0. The van der Waals surface area contributed by atoms with Gasteiger partial charge in [-0.2, -0.15) is 4.57 Å². The van der Waals surface area contributed by atoms with Crippen molar-refractivity contribution in [3.63, 3.8) is 0 Å². The van der Waals surface area contributed by atoms with Crippen molar-refractivity contribution in [1.29, 1.82) is 0 Å². The van der Waals surface area contributed by atoms with Gasteiger partial charge < -0.3 is 40.4 Å². The number of nitrogens with two attached hydrogens (primary N) is 2. The van der Waals surface area contributed by atoms with Crippen LogP contribution in [-0.4, -0.2) is 25.2 Å². The molecule has 188 valence electrons. The summed E-state index contributed by atoms with van der Waals surface area (Å²) >= 11 is 0. The number of amides is 2. The minimum atomic E-state index is -4.22. The Labute approximate surface area is 207 Å². The molecule has 3 aromatic carbocycles. The number of rotatable bonds is 11.